The Bertz CT molecular complexity index is 356. The Hall–Kier alpha value is -1.06. The fourth-order valence-corrected chi connectivity index (χ4v) is 2.24. The Kier molecular flexibility index (Phi) is 2.67. The highest BCUT2D eigenvalue weighted by Gasteiger charge is 2.38. The summed E-state index contributed by atoms with van der Waals surface area (Å²) in [6.45, 7) is 0.0175. The minimum Gasteiger partial charge on any atom is -0.497 e. The molecule has 1 aromatic carbocycles. The first-order valence-electron chi connectivity index (χ1n) is 5.09. The lowest BCUT2D eigenvalue weighted by Gasteiger charge is -2.26. The molecular weight excluding hydrogens is 192 g/mol. The maximum Gasteiger partial charge on any atom is 0.119 e. The molecule has 82 valence electrons. The SMILES string of the molecule is COc1ccc2c(c1)C(CO)(OC)CC2. The molecule has 0 saturated carbocycles. The van der Waals surface area contributed by atoms with Gasteiger partial charge in [-0.3, -0.25) is 0 Å². The second-order valence-electron chi connectivity index (χ2n) is 3.88. The monoisotopic (exact) mass is 208 g/mol. The summed E-state index contributed by atoms with van der Waals surface area (Å²) in [4.78, 5) is 0. The molecule has 1 aromatic rings. The molecule has 1 N–H and O–H groups in total. The Balaban J connectivity index is 2.47. The van der Waals surface area contributed by atoms with E-state index in [4.69, 9.17) is 9.47 Å². The van der Waals surface area contributed by atoms with Gasteiger partial charge in [0.25, 0.3) is 0 Å². The zero-order valence-electron chi connectivity index (χ0n) is 9.12. The number of hydrogen-bond acceptors (Lipinski definition) is 3. The molecule has 15 heavy (non-hydrogen) atoms. The molecule has 0 aromatic heterocycles. The standard InChI is InChI=1S/C12H16O3/c1-14-10-4-3-9-5-6-12(8-13,15-2)11(9)7-10/h3-4,7,13H,5-6,8H2,1-2H3. The fourth-order valence-electron chi connectivity index (χ4n) is 2.24. The van der Waals surface area contributed by atoms with E-state index in [9.17, 15) is 5.11 Å². The van der Waals surface area contributed by atoms with Crippen LogP contribution in [0.1, 0.15) is 17.5 Å². The summed E-state index contributed by atoms with van der Waals surface area (Å²) in [6.07, 6.45) is 1.79. The lowest BCUT2D eigenvalue weighted by molar-refractivity contribution is -0.0554. The molecule has 1 atom stereocenters. The first kappa shape index (κ1) is 10.5. The highest BCUT2D eigenvalue weighted by molar-refractivity contribution is 5.43. The van der Waals surface area contributed by atoms with Crippen LogP contribution in [0.2, 0.25) is 0 Å². The number of benzene rings is 1. The van der Waals surface area contributed by atoms with Crippen molar-refractivity contribution >= 4 is 0 Å². The van der Waals surface area contributed by atoms with Crippen molar-refractivity contribution in [2.45, 2.75) is 18.4 Å². The summed E-state index contributed by atoms with van der Waals surface area (Å²) < 4.78 is 10.7. The van der Waals surface area contributed by atoms with Crippen molar-refractivity contribution in [3.8, 4) is 5.75 Å². The van der Waals surface area contributed by atoms with Crippen LogP contribution in [0.5, 0.6) is 5.75 Å². The van der Waals surface area contributed by atoms with E-state index in [2.05, 4.69) is 0 Å². The number of fused-ring (bicyclic) bond motifs is 1. The van der Waals surface area contributed by atoms with E-state index in [0.29, 0.717) is 0 Å². The lowest BCUT2D eigenvalue weighted by Crippen LogP contribution is -2.29. The van der Waals surface area contributed by atoms with E-state index < -0.39 is 5.60 Å². The average Bonchev–Trinajstić information content (AvgIpc) is 2.67. The lowest BCUT2D eigenvalue weighted by atomic mass is 9.96. The predicted octanol–water partition coefficient (Wildman–Crippen LogP) is 1.48. The second kappa shape index (κ2) is 3.83. The average molecular weight is 208 g/mol. The van der Waals surface area contributed by atoms with E-state index in [-0.39, 0.29) is 6.61 Å². The molecular formula is C12H16O3. The molecule has 0 radical (unpaired) electrons. The van der Waals surface area contributed by atoms with Crippen molar-refractivity contribution in [1.82, 2.24) is 0 Å². The largest absolute Gasteiger partial charge is 0.497 e. The molecule has 0 spiro atoms. The molecule has 0 saturated heterocycles. The first-order valence-corrected chi connectivity index (χ1v) is 5.09. The molecule has 0 heterocycles. The summed E-state index contributed by atoms with van der Waals surface area (Å²) in [6, 6.07) is 5.95. The second-order valence-corrected chi connectivity index (χ2v) is 3.88. The molecule has 0 aliphatic heterocycles. The van der Waals surface area contributed by atoms with Crippen molar-refractivity contribution < 1.29 is 14.6 Å². The van der Waals surface area contributed by atoms with Gasteiger partial charge in [-0.25, -0.2) is 0 Å². The van der Waals surface area contributed by atoms with E-state index in [1.165, 1.54) is 5.56 Å². The van der Waals surface area contributed by atoms with Gasteiger partial charge in [-0.15, -0.1) is 0 Å². The van der Waals surface area contributed by atoms with Crippen LogP contribution in [0.4, 0.5) is 0 Å². The summed E-state index contributed by atoms with van der Waals surface area (Å²) >= 11 is 0. The quantitative estimate of drug-likeness (QED) is 0.817. The van der Waals surface area contributed by atoms with Crippen molar-refractivity contribution in [2.75, 3.05) is 20.8 Å². The van der Waals surface area contributed by atoms with Crippen molar-refractivity contribution in [3.63, 3.8) is 0 Å². The van der Waals surface area contributed by atoms with Gasteiger partial charge in [-0.1, -0.05) is 6.07 Å². The van der Waals surface area contributed by atoms with Crippen LogP contribution >= 0.6 is 0 Å². The smallest absolute Gasteiger partial charge is 0.119 e. The topological polar surface area (TPSA) is 38.7 Å². The van der Waals surface area contributed by atoms with Gasteiger partial charge in [0.05, 0.1) is 13.7 Å². The zero-order valence-corrected chi connectivity index (χ0v) is 9.12. The molecule has 1 unspecified atom stereocenters. The third-order valence-electron chi connectivity index (χ3n) is 3.25. The molecule has 3 nitrogen and oxygen atoms in total. The van der Waals surface area contributed by atoms with Crippen molar-refractivity contribution in [3.05, 3.63) is 29.3 Å². The van der Waals surface area contributed by atoms with Crippen LogP contribution in [0.3, 0.4) is 0 Å². The van der Waals surface area contributed by atoms with E-state index in [1.807, 2.05) is 18.2 Å². The zero-order chi connectivity index (χ0) is 10.9. The van der Waals surface area contributed by atoms with Crippen LogP contribution < -0.4 is 4.74 Å². The van der Waals surface area contributed by atoms with Gasteiger partial charge in [0.2, 0.25) is 0 Å². The van der Waals surface area contributed by atoms with Crippen molar-refractivity contribution in [2.24, 2.45) is 0 Å². The molecule has 0 fully saturated rings. The Morgan fingerprint density at radius 3 is 2.80 bits per heavy atom. The van der Waals surface area contributed by atoms with Crippen LogP contribution in [0.15, 0.2) is 18.2 Å². The maximum absolute atomic E-state index is 9.46. The van der Waals surface area contributed by atoms with Gasteiger partial charge in [0.15, 0.2) is 0 Å². The molecule has 0 bridgehead atoms. The predicted molar refractivity (Wildman–Crippen MR) is 57.1 cm³/mol. The summed E-state index contributed by atoms with van der Waals surface area (Å²) in [5, 5.41) is 9.46. The van der Waals surface area contributed by atoms with Gasteiger partial charge in [0.1, 0.15) is 11.4 Å². The van der Waals surface area contributed by atoms with Crippen LogP contribution in [-0.4, -0.2) is 25.9 Å². The summed E-state index contributed by atoms with van der Waals surface area (Å²) in [5.41, 5.74) is 1.78. The third kappa shape index (κ3) is 1.52. The van der Waals surface area contributed by atoms with Crippen LogP contribution in [0, 0.1) is 0 Å². The maximum atomic E-state index is 9.46. The summed E-state index contributed by atoms with van der Waals surface area (Å²) in [7, 11) is 3.29. The fraction of sp³-hybridized carbons (Fsp3) is 0.500. The Labute approximate surface area is 89.6 Å². The first-order chi connectivity index (χ1) is 7.25. The van der Waals surface area contributed by atoms with Crippen LogP contribution in [-0.2, 0) is 16.8 Å². The highest BCUT2D eigenvalue weighted by atomic mass is 16.5. The van der Waals surface area contributed by atoms with Gasteiger partial charge < -0.3 is 14.6 Å². The number of hydrogen-bond donors (Lipinski definition) is 1. The number of ether oxygens (including phenoxy) is 2. The van der Waals surface area contributed by atoms with Gasteiger partial charge in [0, 0.05) is 7.11 Å². The number of aliphatic hydroxyl groups is 1. The minimum absolute atomic E-state index is 0.0175. The summed E-state index contributed by atoms with van der Waals surface area (Å²) in [5.74, 6) is 0.811. The molecule has 0 amide bonds. The molecule has 1 aliphatic rings. The van der Waals surface area contributed by atoms with Crippen LogP contribution in [0.25, 0.3) is 0 Å². The minimum atomic E-state index is -0.524. The van der Waals surface area contributed by atoms with Gasteiger partial charge in [-0.2, -0.15) is 0 Å². The number of rotatable bonds is 3. The Morgan fingerprint density at radius 1 is 1.40 bits per heavy atom. The molecule has 1 aliphatic carbocycles. The van der Waals surface area contributed by atoms with Gasteiger partial charge >= 0.3 is 0 Å². The van der Waals surface area contributed by atoms with E-state index >= 15 is 0 Å². The molecule has 2 rings (SSSR count). The highest BCUT2D eigenvalue weighted by Crippen LogP contribution is 2.40. The van der Waals surface area contributed by atoms with Gasteiger partial charge in [-0.05, 0) is 36.1 Å². The number of aryl methyl sites for hydroxylation is 1. The Morgan fingerprint density at radius 2 is 2.20 bits per heavy atom. The van der Waals surface area contributed by atoms with E-state index in [0.717, 1.165) is 24.2 Å². The van der Waals surface area contributed by atoms with Crippen molar-refractivity contribution in [1.29, 1.82) is 0 Å². The number of aliphatic hydroxyl groups excluding tert-OH is 1. The molecule has 3 heteroatoms. The number of methoxy groups -OCH3 is 2. The van der Waals surface area contributed by atoms with E-state index in [1.54, 1.807) is 14.2 Å². The third-order valence-corrected chi connectivity index (χ3v) is 3.25. The normalized spacial score (nSPS) is 23.9.